The van der Waals surface area contributed by atoms with E-state index in [0.717, 1.165) is 32.0 Å². The predicted molar refractivity (Wildman–Crippen MR) is 90.3 cm³/mol. The highest BCUT2D eigenvalue weighted by Gasteiger charge is 2.56. The minimum Gasteiger partial charge on any atom is -0.298 e. The van der Waals surface area contributed by atoms with Crippen LogP contribution in [0.5, 0.6) is 0 Å². The maximum atomic E-state index is 13.8. The van der Waals surface area contributed by atoms with Crippen LogP contribution in [0.1, 0.15) is 24.3 Å². The van der Waals surface area contributed by atoms with E-state index in [4.69, 9.17) is 0 Å². The Labute approximate surface area is 147 Å². The fourth-order valence-electron chi connectivity index (χ4n) is 4.93. The molecule has 4 heterocycles. The van der Waals surface area contributed by atoms with Gasteiger partial charge >= 0.3 is 0 Å². The molecule has 8 heteroatoms. The zero-order valence-electron chi connectivity index (χ0n) is 14.4. The first-order valence-electron chi connectivity index (χ1n) is 8.68. The second-order valence-electron chi connectivity index (χ2n) is 7.52. The number of halogens is 2. The number of hydrogen-bond acceptors (Lipinski definition) is 3. The first kappa shape index (κ1) is 17.3. The van der Waals surface area contributed by atoms with Gasteiger partial charge in [-0.1, -0.05) is 0 Å². The normalized spacial score (nSPS) is 35.3. The van der Waals surface area contributed by atoms with Gasteiger partial charge in [-0.2, -0.15) is 17.0 Å². The zero-order chi connectivity index (χ0) is 17.9. The molecule has 0 aliphatic carbocycles. The van der Waals surface area contributed by atoms with E-state index in [2.05, 4.69) is 4.90 Å². The lowest BCUT2D eigenvalue weighted by Gasteiger charge is -2.51. The van der Waals surface area contributed by atoms with Gasteiger partial charge in [0.15, 0.2) is 0 Å². The van der Waals surface area contributed by atoms with Gasteiger partial charge in [0.05, 0.1) is 0 Å². The van der Waals surface area contributed by atoms with Gasteiger partial charge < -0.3 is 0 Å². The highest BCUT2D eigenvalue weighted by atomic mass is 32.2. The van der Waals surface area contributed by atoms with Gasteiger partial charge in [0.1, 0.15) is 11.6 Å². The second-order valence-corrected chi connectivity index (χ2v) is 9.62. The van der Waals surface area contributed by atoms with Gasteiger partial charge in [-0.25, -0.2) is 8.78 Å². The molecule has 5 nitrogen and oxygen atoms in total. The van der Waals surface area contributed by atoms with E-state index in [9.17, 15) is 17.2 Å². The predicted octanol–water partition coefficient (Wildman–Crippen LogP) is 1.63. The van der Waals surface area contributed by atoms with Crippen molar-refractivity contribution in [2.75, 3.05) is 33.7 Å². The number of rotatable bonds is 3. The van der Waals surface area contributed by atoms with Crippen molar-refractivity contribution in [2.24, 2.45) is 5.92 Å². The molecule has 1 aromatic carbocycles. The summed E-state index contributed by atoms with van der Waals surface area (Å²) in [5, 5.41) is 0. The maximum absolute atomic E-state index is 13.8. The molecule has 0 radical (unpaired) electrons. The van der Waals surface area contributed by atoms with Gasteiger partial charge in [0.25, 0.3) is 10.2 Å². The molecule has 25 heavy (non-hydrogen) atoms. The fourth-order valence-corrected chi connectivity index (χ4v) is 6.30. The number of nitrogens with zero attached hydrogens (tertiary/aromatic N) is 3. The number of fused-ring (bicyclic) bond motifs is 2. The van der Waals surface area contributed by atoms with Crippen LogP contribution >= 0.6 is 0 Å². The van der Waals surface area contributed by atoms with E-state index in [0.29, 0.717) is 11.5 Å². The molecule has 4 aliphatic rings. The SMILES string of the molecule is CN(C)S(=O)(=O)N1C[C@@H](c2cc(F)cc(F)c2)[C@@H]2[C@H]1C1CCN2CC1. The Balaban J connectivity index is 1.78. The highest BCUT2D eigenvalue weighted by molar-refractivity contribution is 7.86. The molecular weight excluding hydrogens is 348 g/mol. The van der Waals surface area contributed by atoms with Crippen molar-refractivity contribution < 1.29 is 17.2 Å². The largest absolute Gasteiger partial charge is 0.298 e. The Hall–Kier alpha value is -1.09. The molecule has 138 valence electrons. The van der Waals surface area contributed by atoms with E-state index >= 15 is 0 Å². The third kappa shape index (κ3) is 2.70. The van der Waals surface area contributed by atoms with Crippen molar-refractivity contribution in [1.82, 2.24) is 13.5 Å². The van der Waals surface area contributed by atoms with Crippen LogP contribution in [0.15, 0.2) is 18.2 Å². The molecule has 0 N–H and O–H groups in total. The molecule has 2 bridgehead atoms. The van der Waals surface area contributed by atoms with Crippen molar-refractivity contribution in [2.45, 2.75) is 30.8 Å². The first-order chi connectivity index (χ1) is 11.8. The molecule has 0 saturated carbocycles. The fraction of sp³-hybridized carbons (Fsp3) is 0.647. The molecule has 4 aliphatic heterocycles. The third-order valence-electron chi connectivity index (χ3n) is 6.02. The van der Waals surface area contributed by atoms with Crippen LogP contribution in [0, 0.1) is 17.6 Å². The van der Waals surface area contributed by atoms with E-state index in [-0.39, 0.29) is 24.5 Å². The molecule has 0 spiro atoms. The molecule has 0 unspecified atom stereocenters. The van der Waals surface area contributed by atoms with E-state index in [1.165, 1.54) is 30.5 Å². The van der Waals surface area contributed by atoms with E-state index < -0.39 is 21.8 Å². The van der Waals surface area contributed by atoms with Crippen LogP contribution in [0.3, 0.4) is 0 Å². The smallest absolute Gasteiger partial charge is 0.281 e. The summed E-state index contributed by atoms with van der Waals surface area (Å²) < 4.78 is 56.0. The van der Waals surface area contributed by atoms with E-state index in [1.54, 1.807) is 4.31 Å². The molecule has 5 rings (SSSR count). The monoisotopic (exact) mass is 371 g/mol. The summed E-state index contributed by atoms with van der Waals surface area (Å²) in [7, 11) is -0.521. The van der Waals surface area contributed by atoms with Crippen LogP contribution < -0.4 is 0 Å². The lowest BCUT2D eigenvalue weighted by atomic mass is 9.75. The quantitative estimate of drug-likeness (QED) is 0.811. The molecule has 4 fully saturated rings. The summed E-state index contributed by atoms with van der Waals surface area (Å²) >= 11 is 0. The van der Waals surface area contributed by atoms with Crippen LogP contribution in [0.4, 0.5) is 8.78 Å². The van der Waals surface area contributed by atoms with Crippen molar-refractivity contribution in [3.8, 4) is 0 Å². The van der Waals surface area contributed by atoms with Gasteiger partial charge in [-0.3, -0.25) is 4.90 Å². The highest BCUT2D eigenvalue weighted by Crippen LogP contribution is 2.47. The number of benzene rings is 1. The average Bonchev–Trinajstić information content (AvgIpc) is 2.98. The molecule has 3 atom stereocenters. The summed E-state index contributed by atoms with van der Waals surface area (Å²) in [5.74, 6) is -1.13. The molecule has 1 aromatic rings. The first-order valence-corrected chi connectivity index (χ1v) is 10.1. The lowest BCUT2D eigenvalue weighted by molar-refractivity contribution is 0.0114. The van der Waals surface area contributed by atoms with Crippen molar-refractivity contribution >= 4 is 10.2 Å². The maximum Gasteiger partial charge on any atom is 0.281 e. The van der Waals surface area contributed by atoms with Crippen molar-refractivity contribution in [3.63, 3.8) is 0 Å². The average molecular weight is 371 g/mol. The summed E-state index contributed by atoms with van der Waals surface area (Å²) in [5.41, 5.74) is 0.552. The Bertz CT molecular complexity index is 758. The van der Waals surface area contributed by atoms with Crippen LogP contribution in [-0.4, -0.2) is 67.7 Å². The zero-order valence-corrected chi connectivity index (χ0v) is 15.2. The van der Waals surface area contributed by atoms with Crippen LogP contribution in [-0.2, 0) is 10.2 Å². The lowest BCUT2D eigenvalue weighted by Crippen LogP contribution is -2.61. The molecular formula is C17H23F2N3O2S. The van der Waals surface area contributed by atoms with Gasteiger partial charge in [-0.05, 0) is 49.5 Å². The van der Waals surface area contributed by atoms with Crippen LogP contribution in [0.2, 0.25) is 0 Å². The molecule has 0 aromatic heterocycles. The number of piperidine rings is 3. The minimum atomic E-state index is -3.58. The summed E-state index contributed by atoms with van der Waals surface area (Å²) in [6.45, 7) is 2.12. The summed E-state index contributed by atoms with van der Waals surface area (Å²) in [6.07, 6.45) is 1.95. The standard InChI is InChI=1S/C17H23F2N3O2S/c1-20(2)25(23,24)22-10-15(12-7-13(18)9-14(19)8-12)17-16(22)11-3-5-21(17)6-4-11/h7-9,11,15-17H,3-6,10H2,1-2H3/t15-,16+,17+/m0/s1. The van der Waals surface area contributed by atoms with E-state index in [1.807, 2.05) is 0 Å². The Morgan fingerprint density at radius 1 is 1.04 bits per heavy atom. The van der Waals surface area contributed by atoms with Crippen molar-refractivity contribution in [3.05, 3.63) is 35.4 Å². The topological polar surface area (TPSA) is 43.9 Å². The minimum absolute atomic E-state index is 0.0107. The Kier molecular flexibility index (Phi) is 4.14. The third-order valence-corrected chi connectivity index (χ3v) is 7.93. The van der Waals surface area contributed by atoms with Gasteiger partial charge in [0.2, 0.25) is 0 Å². The summed E-state index contributed by atoms with van der Waals surface area (Å²) in [4.78, 5) is 2.31. The molecule has 4 saturated heterocycles. The number of hydrogen-bond donors (Lipinski definition) is 0. The van der Waals surface area contributed by atoms with Crippen LogP contribution in [0.25, 0.3) is 0 Å². The Morgan fingerprint density at radius 3 is 2.20 bits per heavy atom. The van der Waals surface area contributed by atoms with Gasteiger partial charge in [-0.15, -0.1) is 0 Å². The Morgan fingerprint density at radius 2 is 1.64 bits per heavy atom. The summed E-state index contributed by atoms with van der Waals surface area (Å²) in [6, 6.07) is 3.42. The second kappa shape index (κ2) is 5.97. The molecule has 0 amide bonds. The van der Waals surface area contributed by atoms with Crippen molar-refractivity contribution in [1.29, 1.82) is 0 Å². The van der Waals surface area contributed by atoms with Gasteiger partial charge in [0, 0.05) is 44.7 Å².